The molecular formula is C18H12ClFN4O3S. The molecule has 0 radical (unpaired) electrons. The molecule has 142 valence electrons. The van der Waals surface area contributed by atoms with E-state index in [-0.39, 0.29) is 21.3 Å². The minimum Gasteiger partial charge on any atom is -0.361 e. The number of fused-ring (bicyclic) bond motifs is 1. The lowest BCUT2D eigenvalue weighted by molar-refractivity contribution is 0.102. The van der Waals surface area contributed by atoms with E-state index >= 15 is 0 Å². The summed E-state index contributed by atoms with van der Waals surface area (Å²) in [6, 6.07) is 11.4. The number of anilines is 1. The Kier molecular flexibility index (Phi) is 4.40. The Morgan fingerprint density at radius 1 is 1.14 bits per heavy atom. The highest BCUT2D eigenvalue weighted by Gasteiger charge is 2.21. The number of carbonyl (C=O) groups is 1. The van der Waals surface area contributed by atoms with Gasteiger partial charge in [-0.3, -0.25) is 4.79 Å². The van der Waals surface area contributed by atoms with Crippen LogP contribution in [0.3, 0.4) is 0 Å². The number of rotatable bonds is 4. The number of carbonyl (C=O) groups excluding carboxylic acids is 1. The van der Waals surface area contributed by atoms with Gasteiger partial charge < -0.3 is 10.3 Å². The predicted octanol–water partition coefficient (Wildman–Crippen LogP) is 3.65. The van der Waals surface area contributed by atoms with Gasteiger partial charge in [0.05, 0.1) is 9.92 Å². The van der Waals surface area contributed by atoms with Gasteiger partial charge in [-0.1, -0.05) is 11.6 Å². The highest BCUT2D eigenvalue weighted by atomic mass is 35.5. The number of amides is 1. The second-order valence-corrected chi connectivity index (χ2v) is 8.09. The highest BCUT2D eigenvalue weighted by molar-refractivity contribution is 7.89. The molecule has 4 aromatic rings. The Morgan fingerprint density at radius 2 is 1.96 bits per heavy atom. The number of hydrogen-bond acceptors (Lipinski definition) is 4. The van der Waals surface area contributed by atoms with Gasteiger partial charge in [-0.25, -0.2) is 4.39 Å². The number of benzene rings is 2. The molecule has 0 aliphatic rings. The molecule has 2 aromatic carbocycles. The van der Waals surface area contributed by atoms with E-state index in [2.05, 4.69) is 15.4 Å². The first-order valence-electron chi connectivity index (χ1n) is 7.99. The first-order valence-corrected chi connectivity index (χ1v) is 9.81. The number of hydrogen-bond donors (Lipinski definition) is 2. The van der Waals surface area contributed by atoms with E-state index in [1.165, 1.54) is 36.5 Å². The van der Waals surface area contributed by atoms with Crippen LogP contribution in [-0.2, 0) is 10.0 Å². The Morgan fingerprint density at radius 3 is 2.75 bits per heavy atom. The van der Waals surface area contributed by atoms with Gasteiger partial charge in [0.25, 0.3) is 15.9 Å². The van der Waals surface area contributed by atoms with E-state index in [1.807, 2.05) is 0 Å². The van der Waals surface area contributed by atoms with Crippen molar-refractivity contribution >= 4 is 44.1 Å². The van der Waals surface area contributed by atoms with E-state index in [9.17, 15) is 17.6 Å². The summed E-state index contributed by atoms with van der Waals surface area (Å²) in [5, 5.41) is 6.95. The van der Waals surface area contributed by atoms with E-state index < -0.39 is 21.7 Å². The predicted molar refractivity (Wildman–Crippen MR) is 102 cm³/mol. The largest absolute Gasteiger partial charge is 0.361 e. The fourth-order valence-corrected chi connectivity index (χ4v) is 3.90. The lowest BCUT2D eigenvalue weighted by atomic mass is 10.2. The zero-order valence-corrected chi connectivity index (χ0v) is 15.6. The summed E-state index contributed by atoms with van der Waals surface area (Å²) in [5.74, 6) is -1.37. The maximum atomic E-state index is 13.5. The van der Waals surface area contributed by atoms with Crippen LogP contribution in [0.5, 0.6) is 0 Å². The van der Waals surface area contributed by atoms with Gasteiger partial charge in [0.1, 0.15) is 5.82 Å². The van der Waals surface area contributed by atoms with Crippen molar-refractivity contribution in [3.8, 4) is 0 Å². The molecule has 10 heteroatoms. The molecule has 2 N–H and O–H groups in total. The quantitative estimate of drug-likeness (QED) is 0.528. The molecule has 7 nitrogen and oxygen atoms in total. The molecule has 0 bridgehead atoms. The topological polar surface area (TPSA) is 96.9 Å². The molecule has 0 aliphatic carbocycles. The zero-order valence-electron chi connectivity index (χ0n) is 14.1. The third-order valence-corrected chi connectivity index (χ3v) is 5.90. The fraction of sp³-hybridized carbons (Fsp3) is 0. The van der Waals surface area contributed by atoms with Crippen molar-refractivity contribution in [1.82, 2.24) is 14.2 Å². The van der Waals surface area contributed by atoms with Crippen LogP contribution in [-0.4, -0.2) is 28.5 Å². The molecule has 0 saturated carbocycles. The second kappa shape index (κ2) is 6.77. The Labute approximate surface area is 163 Å². The molecule has 28 heavy (non-hydrogen) atoms. The Hall–Kier alpha value is -3.17. The van der Waals surface area contributed by atoms with Gasteiger partial charge in [0, 0.05) is 29.0 Å². The minimum atomic E-state index is -3.97. The molecule has 0 spiro atoms. The van der Waals surface area contributed by atoms with Crippen LogP contribution in [0.2, 0.25) is 5.02 Å². The van der Waals surface area contributed by atoms with E-state index in [0.717, 1.165) is 21.1 Å². The standard InChI is InChI=1S/C18H12ClFN4O3S/c19-14-3-1-12(10-15(14)20)22-18(25)17-6-8-24(23-17)28(26,27)13-2-4-16-11(9-13)5-7-21-16/h1-10,21H,(H,22,25). The summed E-state index contributed by atoms with van der Waals surface area (Å²) in [5.41, 5.74) is 0.832. The molecule has 1 amide bonds. The van der Waals surface area contributed by atoms with Gasteiger partial charge in [0.15, 0.2) is 5.69 Å². The smallest absolute Gasteiger partial charge is 0.282 e. The van der Waals surface area contributed by atoms with E-state index in [0.29, 0.717) is 0 Å². The molecule has 0 unspecified atom stereocenters. The van der Waals surface area contributed by atoms with Gasteiger partial charge >= 0.3 is 0 Å². The van der Waals surface area contributed by atoms with Gasteiger partial charge in [0.2, 0.25) is 0 Å². The number of aromatic nitrogens is 3. The first kappa shape index (κ1) is 18.2. The number of halogens is 2. The third kappa shape index (κ3) is 3.25. The average molecular weight is 419 g/mol. The number of nitrogens with one attached hydrogen (secondary N) is 2. The van der Waals surface area contributed by atoms with Gasteiger partial charge in [-0.05, 0) is 48.5 Å². The highest BCUT2D eigenvalue weighted by Crippen LogP contribution is 2.21. The summed E-state index contributed by atoms with van der Waals surface area (Å²) < 4.78 is 39.7. The van der Waals surface area contributed by atoms with Crippen LogP contribution in [0.4, 0.5) is 10.1 Å². The molecular weight excluding hydrogens is 407 g/mol. The molecule has 0 saturated heterocycles. The molecule has 0 fully saturated rings. The van der Waals surface area contributed by atoms with Crippen LogP contribution in [0.25, 0.3) is 10.9 Å². The maximum absolute atomic E-state index is 13.5. The molecule has 0 aliphatic heterocycles. The zero-order chi connectivity index (χ0) is 19.9. The summed E-state index contributed by atoms with van der Waals surface area (Å²) in [4.78, 5) is 15.3. The van der Waals surface area contributed by atoms with Crippen molar-refractivity contribution in [3.63, 3.8) is 0 Å². The van der Waals surface area contributed by atoms with Crippen molar-refractivity contribution < 1.29 is 17.6 Å². The third-order valence-electron chi connectivity index (χ3n) is 4.05. The SMILES string of the molecule is O=C(Nc1ccc(Cl)c(F)c1)c1ccn(S(=O)(=O)c2ccc3[nH]ccc3c2)n1. The van der Waals surface area contributed by atoms with Crippen molar-refractivity contribution in [2.75, 3.05) is 5.32 Å². The molecule has 4 rings (SSSR count). The lowest BCUT2D eigenvalue weighted by Crippen LogP contribution is -2.17. The second-order valence-electron chi connectivity index (χ2n) is 5.89. The van der Waals surface area contributed by atoms with Crippen LogP contribution in [0.15, 0.2) is 65.8 Å². The number of aromatic amines is 1. The normalized spacial score (nSPS) is 11.6. The molecule has 2 aromatic heterocycles. The summed E-state index contributed by atoms with van der Waals surface area (Å²) >= 11 is 5.60. The van der Waals surface area contributed by atoms with Gasteiger partial charge in [-0.15, -0.1) is 0 Å². The van der Waals surface area contributed by atoms with Crippen molar-refractivity contribution in [2.24, 2.45) is 0 Å². The van der Waals surface area contributed by atoms with Crippen LogP contribution in [0, 0.1) is 5.82 Å². The van der Waals surface area contributed by atoms with Crippen LogP contribution >= 0.6 is 11.6 Å². The van der Waals surface area contributed by atoms with Crippen LogP contribution < -0.4 is 5.32 Å². The molecule has 0 atom stereocenters. The molecule has 2 heterocycles. The monoisotopic (exact) mass is 418 g/mol. The Bertz CT molecular complexity index is 1310. The van der Waals surface area contributed by atoms with Crippen molar-refractivity contribution in [3.05, 3.63) is 77.5 Å². The number of H-pyrrole nitrogens is 1. The van der Waals surface area contributed by atoms with Crippen molar-refractivity contribution in [1.29, 1.82) is 0 Å². The Balaban J connectivity index is 1.60. The van der Waals surface area contributed by atoms with E-state index in [4.69, 9.17) is 11.6 Å². The van der Waals surface area contributed by atoms with E-state index in [1.54, 1.807) is 18.3 Å². The lowest BCUT2D eigenvalue weighted by Gasteiger charge is -2.05. The summed E-state index contributed by atoms with van der Waals surface area (Å²) in [6.45, 7) is 0. The number of nitrogens with zero attached hydrogens (tertiary/aromatic N) is 2. The summed E-state index contributed by atoms with van der Waals surface area (Å²) in [6.07, 6.45) is 2.88. The van der Waals surface area contributed by atoms with Crippen LogP contribution in [0.1, 0.15) is 10.5 Å². The average Bonchev–Trinajstić information content (AvgIpc) is 3.33. The fourth-order valence-electron chi connectivity index (χ4n) is 2.63. The minimum absolute atomic E-state index is 0.0365. The first-order chi connectivity index (χ1) is 13.3. The van der Waals surface area contributed by atoms with Gasteiger partial charge in [-0.2, -0.15) is 17.6 Å². The van der Waals surface area contributed by atoms with Crippen molar-refractivity contribution in [2.45, 2.75) is 4.90 Å². The summed E-state index contributed by atoms with van der Waals surface area (Å²) in [7, 11) is -3.97. The maximum Gasteiger partial charge on any atom is 0.282 e.